The van der Waals surface area contributed by atoms with Crippen LogP contribution >= 0.6 is 0 Å². The summed E-state index contributed by atoms with van der Waals surface area (Å²) in [5.74, 6) is 0.614. The van der Waals surface area contributed by atoms with Gasteiger partial charge in [0.1, 0.15) is 7.85 Å². The van der Waals surface area contributed by atoms with Crippen LogP contribution < -0.4 is 5.46 Å². The van der Waals surface area contributed by atoms with Crippen molar-refractivity contribution in [2.45, 2.75) is 19.8 Å². The predicted molar refractivity (Wildman–Crippen MR) is 46.5 cm³/mol. The van der Waals surface area contributed by atoms with Crippen LogP contribution in [0, 0.1) is 0 Å². The number of rotatable bonds is 1. The largest absolute Gasteiger partial charge is 0.265 e. The molecule has 1 heterocycles. The maximum atomic E-state index is 4.03. The first kappa shape index (κ1) is 7.32. The normalized spacial score (nSPS) is 10.3. The fourth-order valence-corrected chi connectivity index (χ4v) is 1.13. The smallest absolute Gasteiger partial charge is 0.141 e. The van der Waals surface area contributed by atoms with E-state index in [1.807, 2.05) is 12.4 Å². The Hall–Kier alpha value is -0.785. The predicted octanol–water partition coefficient (Wildman–Crippen LogP) is 0.463. The van der Waals surface area contributed by atoms with Crippen molar-refractivity contribution in [2.75, 3.05) is 0 Å². The Morgan fingerprint density at radius 2 is 2.20 bits per heavy atom. The Bertz CT molecular complexity index is 220. The second-order valence-corrected chi connectivity index (χ2v) is 2.89. The van der Waals surface area contributed by atoms with E-state index in [9.17, 15) is 0 Å². The number of pyridine rings is 1. The molecule has 1 aromatic rings. The van der Waals surface area contributed by atoms with E-state index in [1.54, 1.807) is 0 Å². The first-order valence-corrected chi connectivity index (χ1v) is 3.62. The summed E-state index contributed by atoms with van der Waals surface area (Å²) in [4.78, 5) is 4.03. The van der Waals surface area contributed by atoms with Gasteiger partial charge in [0.05, 0.1) is 0 Å². The van der Waals surface area contributed by atoms with Gasteiger partial charge in [-0.1, -0.05) is 19.3 Å². The van der Waals surface area contributed by atoms with Crippen LogP contribution in [-0.2, 0) is 0 Å². The zero-order chi connectivity index (χ0) is 7.56. The lowest BCUT2D eigenvalue weighted by Crippen LogP contribution is -2.11. The minimum atomic E-state index is 0.614. The first-order valence-electron chi connectivity index (χ1n) is 3.62. The third-order valence-electron chi connectivity index (χ3n) is 1.69. The van der Waals surface area contributed by atoms with Crippen LogP contribution in [0.1, 0.15) is 25.3 Å². The Labute approximate surface area is 62.9 Å². The zero-order valence-corrected chi connectivity index (χ0v) is 6.76. The topological polar surface area (TPSA) is 12.9 Å². The van der Waals surface area contributed by atoms with E-state index in [2.05, 4.69) is 32.7 Å². The average molecular weight is 133 g/mol. The molecule has 52 valence electrons. The molecule has 0 fully saturated rings. The Morgan fingerprint density at radius 3 is 2.60 bits per heavy atom. The Balaban J connectivity index is 3.03. The summed E-state index contributed by atoms with van der Waals surface area (Å²) in [6.45, 7) is 4.39. The van der Waals surface area contributed by atoms with E-state index in [0.717, 1.165) is 0 Å². The standard InChI is InChI=1S/C8H12BN/c1-6(2)7-3-4-10-5-8(7)9/h3-6H,9H2,1-2H3. The summed E-state index contributed by atoms with van der Waals surface area (Å²) in [6.07, 6.45) is 3.76. The van der Waals surface area contributed by atoms with Crippen LogP contribution in [0.3, 0.4) is 0 Å². The molecule has 0 aliphatic heterocycles. The van der Waals surface area contributed by atoms with E-state index < -0.39 is 0 Å². The fourth-order valence-electron chi connectivity index (χ4n) is 1.13. The molecule has 0 atom stereocenters. The van der Waals surface area contributed by atoms with Gasteiger partial charge in [-0.2, -0.15) is 0 Å². The summed E-state index contributed by atoms with van der Waals surface area (Å²) in [5.41, 5.74) is 2.69. The minimum absolute atomic E-state index is 0.614. The summed E-state index contributed by atoms with van der Waals surface area (Å²) in [5, 5.41) is 0. The van der Waals surface area contributed by atoms with Crippen molar-refractivity contribution in [3.8, 4) is 0 Å². The maximum absolute atomic E-state index is 4.03. The van der Waals surface area contributed by atoms with E-state index in [4.69, 9.17) is 0 Å². The molecule has 1 aromatic heterocycles. The van der Waals surface area contributed by atoms with Crippen LogP contribution in [0.4, 0.5) is 0 Å². The highest BCUT2D eigenvalue weighted by molar-refractivity contribution is 6.33. The lowest BCUT2D eigenvalue weighted by Gasteiger charge is -2.07. The highest BCUT2D eigenvalue weighted by atomic mass is 14.6. The molecule has 1 rings (SSSR count). The second-order valence-electron chi connectivity index (χ2n) is 2.89. The maximum Gasteiger partial charge on any atom is 0.141 e. The summed E-state index contributed by atoms with van der Waals surface area (Å²) in [6, 6.07) is 2.08. The molecule has 0 amide bonds. The van der Waals surface area contributed by atoms with Gasteiger partial charge in [0, 0.05) is 12.4 Å². The summed E-state index contributed by atoms with van der Waals surface area (Å²) < 4.78 is 0. The minimum Gasteiger partial charge on any atom is -0.265 e. The van der Waals surface area contributed by atoms with Gasteiger partial charge in [-0.15, -0.1) is 0 Å². The fraction of sp³-hybridized carbons (Fsp3) is 0.375. The molecular weight excluding hydrogens is 121 g/mol. The van der Waals surface area contributed by atoms with Gasteiger partial charge in [0.25, 0.3) is 0 Å². The molecule has 0 aromatic carbocycles. The molecule has 1 nitrogen and oxygen atoms in total. The van der Waals surface area contributed by atoms with Crippen molar-refractivity contribution in [1.29, 1.82) is 0 Å². The highest BCUT2D eigenvalue weighted by Gasteiger charge is 1.99. The molecule has 0 N–H and O–H groups in total. The summed E-state index contributed by atoms with van der Waals surface area (Å²) >= 11 is 0. The monoisotopic (exact) mass is 133 g/mol. The summed E-state index contributed by atoms with van der Waals surface area (Å²) in [7, 11) is 2.10. The van der Waals surface area contributed by atoms with Gasteiger partial charge < -0.3 is 0 Å². The lowest BCUT2D eigenvalue weighted by molar-refractivity contribution is 0.870. The molecule has 0 unspecified atom stereocenters. The number of hydrogen-bond donors (Lipinski definition) is 0. The zero-order valence-electron chi connectivity index (χ0n) is 6.76. The van der Waals surface area contributed by atoms with Gasteiger partial charge in [-0.05, 0) is 17.5 Å². The van der Waals surface area contributed by atoms with Gasteiger partial charge >= 0.3 is 0 Å². The van der Waals surface area contributed by atoms with Crippen LogP contribution in [0.5, 0.6) is 0 Å². The third-order valence-corrected chi connectivity index (χ3v) is 1.69. The third kappa shape index (κ3) is 1.38. The van der Waals surface area contributed by atoms with Crippen molar-refractivity contribution < 1.29 is 0 Å². The van der Waals surface area contributed by atoms with Crippen molar-refractivity contribution >= 4 is 13.3 Å². The molecule has 0 spiro atoms. The molecular formula is C8H12BN. The van der Waals surface area contributed by atoms with Crippen molar-refractivity contribution in [1.82, 2.24) is 4.98 Å². The van der Waals surface area contributed by atoms with Gasteiger partial charge in [-0.3, -0.25) is 4.98 Å². The average Bonchev–Trinajstić information content (AvgIpc) is 1.88. The van der Waals surface area contributed by atoms with Crippen molar-refractivity contribution in [3.05, 3.63) is 24.0 Å². The molecule has 0 saturated heterocycles. The van der Waals surface area contributed by atoms with Crippen LogP contribution in [-0.4, -0.2) is 12.8 Å². The van der Waals surface area contributed by atoms with E-state index in [1.165, 1.54) is 11.0 Å². The van der Waals surface area contributed by atoms with Gasteiger partial charge in [0.2, 0.25) is 0 Å². The van der Waals surface area contributed by atoms with Crippen molar-refractivity contribution in [2.24, 2.45) is 0 Å². The Morgan fingerprint density at radius 1 is 1.50 bits per heavy atom. The highest BCUT2D eigenvalue weighted by Crippen LogP contribution is 2.08. The van der Waals surface area contributed by atoms with Crippen LogP contribution in [0.25, 0.3) is 0 Å². The molecule has 0 radical (unpaired) electrons. The molecule has 0 aliphatic carbocycles. The van der Waals surface area contributed by atoms with Gasteiger partial charge in [-0.25, -0.2) is 0 Å². The molecule has 0 saturated carbocycles. The first-order chi connectivity index (χ1) is 4.72. The molecule has 10 heavy (non-hydrogen) atoms. The number of nitrogens with zero attached hydrogens (tertiary/aromatic N) is 1. The lowest BCUT2D eigenvalue weighted by atomic mass is 9.87. The van der Waals surface area contributed by atoms with E-state index >= 15 is 0 Å². The Kier molecular flexibility index (Phi) is 2.10. The SMILES string of the molecule is Bc1cnccc1C(C)C. The number of aromatic nitrogens is 1. The van der Waals surface area contributed by atoms with E-state index in [-0.39, 0.29) is 0 Å². The van der Waals surface area contributed by atoms with Crippen molar-refractivity contribution in [3.63, 3.8) is 0 Å². The quantitative estimate of drug-likeness (QED) is 0.507. The van der Waals surface area contributed by atoms with E-state index in [0.29, 0.717) is 5.92 Å². The molecule has 0 aliphatic rings. The van der Waals surface area contributed by atoms with Crippen LogP contribution in [0.15, 0.2) is 18.5 Å². The second kappa shape index (κ2) is 2.87. The molecule has 2 heteroatoms. The molecule has 0 bridgehead atoms. The van der Waals surface area contributed by atoms with Gasteiger partial charge in [0.15, 0.2) is 0 Å². The number of hydrogen-bond acceptors (Lipinski definition) is 1. The van der Waals surface area contributed by atoms with Crippen LogP contribution in [0.2, 0.25) is 0 Å².